The van der Waals surface area contributed by atoms with E-state index in [4.69, 9.17) is 4.74 Å². The number of β-amino-alcohol motifs (C(OH)–C–C–N with tert-alkyl or cyclic N) is 1. The standard InChI is InChI=1S/C14H20N2O3/c1-3-13(14(18)16-8-11(17)9-16)15-10-5-4-6-12(7-10)19-2/h4-7,11,13,15,17H,3,8-9H2,1-2H3/t13-/m0/s1. The lowest BCUT2D eigenvalue weighted by molar-refractivity contribution is -0.142. The Morgan fingerprint density at radius 3 is 2.89 bits per heavy atom. The first-order valence-electron chi connectivity index (χ1n) is 6.51. The van der Waals surface area contributed by atoms with Crippen molar-refractivity contribution in [1.29, 1.82) is 0 Å². The van der Waals surface area contributed by atoms with E-state index in [0.717, 1.165) is 11.4 Å². The van der Waals surface area contributed by atoms with E-state index in [1.807, 2.05) is 31.2 Å². The highest BCUT2D eigenvalue weighted by Gasteiger charge is 2.32. The van der Waals surface area contributed by atoms with Crippen LogP contribution in [0.3, 0.4) is 0 Å². The van der Waals surface area contributed by atoms with Gasteiger partial charge in [-0.25, -0.2) is 0 Å². The highest BCUT2D eigenvalue weighted by Crippen LogP contribution is 2.19. The van der Waals surface area contributed by atoms with Crippen molar-refractivity contribution < 1.29 is 14.6 Å². The molecule has 0 spiro atoms. The lowest BCUT2D eigenvalue weighted by Gasteiger charge is -2.38. The smallest absolute Gasteiger partial charge is 0.245 e. The van der Waals surface area contributed by atoms with E-state index in [1.165, 1.54) is 0 Å². The number of benzene rings is 1. The largest absolute Gasteiger partial charge is 0.497 e. The van der Waals surface area contributed by atoms with Crippen molar-refractivity contribution in [3.8, 4) is 5.75 Å². The summed E-state index contributed by atoms with van der Waals surface area (Å²) >= 11 is 0. The highest BCUT2D eigenvalue weighted by atomic mass is 16.5. The molecule has 104 valence electrons. The summed E-state index contributed by atoms with van der Waals surface area (Å²) in [6.45, 7) is 2.84. The Labute approximate surface area is 113 Å². The Balaban J connectivity index is 1.99. The third-order valence-electron chi connectivity index (χ3n) is 3.29. The number of methoxy groups -OCH3 is 1. The summed E-state index contributed by atoms with van der Waals surface area (Å²) in [4.78, 5) is 13.9. The number of nitrogens with zero attached hydrogens (tertiary/aromatic N) is 1. The SMILES string of the molecule is CC[C@H](Nc1cccc(OC)c1)C(=O)N1CC(O)C1. The highest BCUT2D eigenvalue weighted by molar-refractivity contribution is 5.85. The van der Waals surface area contributed by atoms with E-state index in [9.17, 15) is 9.90 Å². The van der Waals surface area contributed by atoms with Crippen LogP contribution < -0.4 is 10.1 Å². The predicted octanol–water partition coefficient (Wildman–Crippen LogP) is 1.09. The third kappa shape index (κ3) is 3.17. The zero-order valence-electron chi connectivity index (χ0n) is 11.3. The normalized spacial score (nSPS) is 16.7. The molecule has 0 bridgehead atoms. The molecule has 0 aliphatic carbocycles. The Bertz CT molecular complexity index is 444. The van der Waals surface area contributed by atoms with Gasteiger partial charge in [0.05, 0.1) is 13.2 Å². The molecule has 1 saturated heterocycles. The van der Waals surface area contributed by atoms with Crippen molar-refractivity contribution in [2.45, 2.75) is 25.5 Å². The number of nitrogens with one attached hydrogen (secondary N) is 1. The van der Waals surface area contributed by atoms with Gasteiger partial charge < -0.3 is 20.1 Å². The maximum absolute atomic E-state index is 12.2. The van der Waals surface area contributed by atoms with Crippen molar-refractivity contribution in [1.82, 2.24) is 4.90 Å². The van der Waals surface area contributed by atoms with Gasteiger partial charge in [-0.3, -0.25) is 4.79 Å². The van der Waals surface area contributed by atoms with Crippen LogP contribution in [0.4, 0.5) is 5.69 Å². The lowest BCUT2D eigenvalue weighted by atomic mass is 10.1. The minimum atomic E-state index is -0.363. The first kappa shape index (κ1) is 13.7. The molecule has 1 atom stereocenters. The molecule has 1 amide bonds. The molecule has 0 aromatic heterocycles. The number of hydrogen-bond donors (Lipinski definition) is 2. The lowest BCUT2D eigenvalue weighted by Crippen LogP contribution is -2.57. The van der Waals surface area contributed by atoms with Crippen molar-refractivity contribution in [2.24, 2.45) is 0 Å². The monoisotopic (exact) mass is 264 g/mol. The Morgan fingerprint density at radius 2 is 2.32 bits per heavy atom. The quantitative estimate of drug-likeness (QED) is 0.835. The van der Waals surface area contributed by atoms with Crippen molar-refractivity contribution in [2.75, 3.05) is 25.5 Å². The molecule has 2 N–H and O–H groups in total. The van der Waals surface area contributed by atoms with Crippen LogP contribution in [-0.4, -0.2) is 48.3 Å². The fourth-order valence-corrected chi connectivity index (χ4v) is 2.11. The number of hydrogen-bond acceptors (Lipinski definition) is 4. The summed E-state index contributed by atoms with van der Waals surface area (Å²) in [6, 6.07) is 7.25. The Morgan fingerprint density at radius 1 is 1.58 bits per heavy atom. The van der Waals surface area contributed by atoms with Crippen LogP contribution in [0.15, 0.2) is 24.3 Å². The maximum atomic E-state index is 12.2. The molecule has 1 aromatic rings. The second-order valence-electron chi connectivity index (χ2n) is 4.73. The van der Waals surface area contributed by atoms with Crippen LogP contribution in [0.25, 0.3) is 0 Å². The van der Waals surface area contributed by atoms with Gasteiger partial charge in [0.2, 0.25) is 5.91 Å². The molecule has 19 heavy (non-hydrogen) atoms. The average molecular weight is 264 g/mol. The summed E-state index contributed by atoms with van der Waals surface area (Å²) in [6.07, 6.45) is 0.334. The van der Waals surface area contributed by atoms with Gasteiger partial charge in [-0.1, -0.05) is 13.0 Å². The van der Waals surface area contributed by atoms with Crippen LogP contribution in [0, 0.1) is 0 Å². The van der Waals surface area contributed by atoms with Gasteiger partial charge in [0, 0.05) is 24.8 Å². The molecule has 1 aromatic carbocycles. The van der Waals surface area contributed by atoms with Gasteiger partial charge in [0.25, 0.3) is 0 Å². The van der Waals surface area contributed by atoms with Crippen LogP contribution in [0.2, 0.25) is 0 Å². The predicted molar refractivity (Wildman–Crippen MR) is 73.3 cm³/mol. The second-order valence-corrected chi connectivity index (χ2v) is 4.73. The Hall–Kier alpha value is -1.75. The van der Waals surface area contributed by atoms with Gasteiger partial charge in [-0.05, 0) is 18.6 Å². The van der Waals surface area contributed by atoms with E-state index in [2.05, 4.69) is 5.32 Å². The fraction of sp³-hybridized carbons (Fsp3) is 0.500. The van der Waals surface area contributed by atoms with Crippen molar-refractivity contribution in [3.05, 3.63) is 24.3 Å². The molecule has 1 fully saturated rings. The van der Waals surface area contributed by atoms with Crippen LogP contribution in [0.1, 0.15) is 13.3 Å². The summed E-state index contributed by atoms with van der Waals surface area (Å²) in [5.41, 5.74) is 0.862. The number of aliphatic hydroxyl groups is 1. The summed E-state index contributed by atoms with van der Waals surface area (Å²) < 4.78 is 5.16. The topological polar surface area (TPSA) is 61.8 Å². The maximum Gasteiger partial charge on any atom is 0.245 e. The zero-order chi connectivity index (χ0) is 13.8. The molecule has 0 saturated carbocycles. The number of anilines is 1. The van der Waals surface area contributed by atoms with Gasteiger partial charge in [0.15, 0.2) is 0 Å². The zero-order valence-corrected chi connectivity index (χ0v) is 11.3. The van der Waals surface area contributed by atoms with Crippen LogP contribution >= 0.6 is 0 Å². The molecule has 5 nitrogen and oxygen atoms in total. The van der Waals surface area contributed by atoms with Gasteiger partial charge >= 0.3 is 0 Å². The summed E-state index contributed by atoms with van der Waals surface area (Å²) in [5, 5.41) is 12.5. The second kappa shape index (κ2) is 5.93. The number of amides is 1. The molecule has 1 aliphatic heterocycles. The van der Waals surface area contributed by atoms with Gasteiger partial charge in [-0.15, -0.1) is 0 Å². The summed E-state index contributed by atoms with van der Waals surface area (Å²) in [7, 11) is 1.61. The van der Waals surface area contributed by atoms with E-state index >= 15 is 0 Å². The molecular formula is C14H20N2O3. The number of aliphatic hydroxyl groups excluding tert-OH is 1. The number of rotatable bonds is 5. The molecule has 2 rings (SSSR count). The van der Waals surface area contributed by atoms with Crippen LogP contribution in [-0.2, 0) is 4.79 Å². The third-order valence-corrected chi connectivity index (χ3v) is 3.29. The summed E-state index contributed by atoms with van der Waals surface area (Å²) in [5.74, 6) is 0.794. The number of ether oxygens (including phenoxy) is 1. The first-order chi connectivity index (χ1) is 9.13. The van der Waals surface area contributed by atoms with Crippen molar-refractivity contribution in [3.63, 3.8) is 0 Å². The van der Waals surface area contributed by atoms with E-state index < -0.39 is 0 Å². The Kier molecular flexibility index (Phi) is 4.27. The van der Waals surface area contributed by atoms with E-state index in [1.54, 1.807) is 12.0 Å². The first-order valence-corrected chi connectivity index (χ1v) is 6.51. The molecule has 0 radical (unpaired) electrons. The number of carbonyl (C=O) groups is 1. The minimum Gasteiger partial charge on any atom is -0.497 e. The number of likely N-dealkylation sites (tertiary alicyclic amines) is 1. The number of carbonyl (C=O) groups excluding carboxylic acids is 1. The van der Waals surface area contributed by atoms with E-state index in [0.29, 0.717) is 19.5 Å². The minimum absolute atomic E-state index is 0.0376. The van der Waals surface area contributed by atoms with Crippen molar-refractivity contribution >= 4 is 11.6 Å². The fourth-order valence-electron chi connectivity index (χ4n) is 2.11. The molecule has 1 aliphatic rings. The molecule has 1 heterocycles. The van der Waals surface area contributed by atoms with Gasteiger partial charge in [-0.2, -0.15) is 0 Å². The van der Waals surface area contributed by atoms with Crippen LogP contribution in [0.5, 0.6) is 5.75 Å². The average Bonchev–Trinajstić information content (AvgIpc) is 2.40. The van der Waals surface area contributed by atoms with E-state index in [-0.39, 0.29) is 18.1 Å². The van der Waals surface area contributed by atoms with Gasteiger partial charge in [0.1, 0.15) is 11.8 Å². The molecule has 5 heteroatoms. The molecule has 0 unspecified atom stereocenters. The molecular weight excluding hydrogens is 244 g/mol.